The molecule has 2 aliphatic rings. The number of fused-ring (bicyclic) bond motifs is 2. The summed E-state index contributed by atoms with van der Waals surface area (Å²) in [6.07, 6.45) is 8.79. The average molecular weight is 468 g/mol. The van der Waals surface area contributed by atoms with Crippen molar-refractivity contribution in [3.05, 3.63) is 35.7 Å². The fraction of sp³-hybridized carbons (Fsp3) is 0.480. The molecule has 0 atom stereocenters. The second-order valence-electron chi connectivity index (χ2n) is 8.64. The molecule has 0 spiro atoms. The van der Waals surface area contributed by atoms with E-state index < -0.39 is 0 Å². The second-order valence-corrected chi connectivity index (χ2v) is 8.64. The van der Waals surface area contributed by atoms with Crippen LogP contribution in [-0.4, -0.2) is 64.6 Å². The van der Waals surface area contributed by atoms with E-state index in [0.29, 0.717) is 6.61 Å². The van der Waals surface area contributed by atoms with Crippen molar-refractivity contribution in [2.24, 2.45) is 7.05 Å². The van der Waals surface area contributed by atoms with Crippen molar-refractivity contribution in [1.82, 2.24) is 19.7 Å². The summed E-state index contributed by atoms with van der Waals surface area (Å²) in [5.41, 5.74) is 4.50. The molecule has 1 fully saturated rings. The number of hydrogen-bond acceptors (Lipinski definition) is 7. The van der Waals surface area contributed by atoms with Gasteiger partial charge < -0.3 is 24.8 Å². The first-order chi connectivity index (χ1) is 16.6. The van der Waals surface area contributed by atoms with E-state index in [-0.39, 0.29) is 6.47 Å². The standard InChI is InChI=1S/C24H31N5O2.CH2O2/c1-28-13-9-23(27-28)26-24-17-7-5-8-19(17)25-20-16-22(21(30-2)15-18(20)24)31-14-6-12-29-10-3-4-11-29;2-1-3/h9,13,15-16H,3-8,10-12,14H2,1-2H3,(H,25,26,27);1H,(H,2,3). The Bertz CT molecular complexity index is 1120. The van der Waals surface area contributed by atoms with Crippen LogP contribution in [-0.2, 0) is 24.7 Å². The highest BCUT2D eigenvalue weighted by atomic mass is 16.5. The van der Waals surface area contributed by atoms with Gasteiger partial charge in [-0.15, -0.1) is 0 Å². The minimum atomic E-state index is -0.250. The van der Waals surface area contributed by atoms with Gasteiger partial charge in [-0.05, 0) is 63.2 Å². The van der Waals surface area contributed by atoms with Crippen molar-refractivity contribution in [2.75, 3.05) is 38.7 Å². The van der Waals surface area contributed by atoms with Crippen LogP contribution in [0.1, 0.15) is 36.9 Å². The molecule has 5 rings (SSSR count). The lowest BCUT2D eigenvalue weighted by Crippen LogP contribution is -2.21. The van der Waals surface area contributed by atoms with Gasteiger partial charge in [-0.2, -0.15) is 5.10 Å². The van der Waals surface area contributed by atoms with E-state index in [9.17, 15) is 0 Å². The monoisotopic (exact) mass is 467 g/mol. The van der Waals surface area contributed by atoms with Gasteiger partial charge in [-0.25, -0.2) is 0 Å². The number of rotatable bonds is 8. The number of likely N-dealkylation sites (tertiary alicyclic amines) is 1. The molecule has 0 bridgehead atoms. The number of nitrogens with zero attached hydrogens (tertiary/aromatic N) is 4. The maximum Gasteiger partial charge on any atom is 0.290 e. The number of aryl methyl sites for hydroxylation is 2. The van der Waals surface area contributed by atoms with E-state index in [1.807, 2.05) is 25.4 Å². The fourth-order valence-corrected chi connectivity index (χ4v) is 4.77. The third-order valence-corrected chi connectivity index (χ3v) is 6.34. The van der Waals surface area contributed by atoms with E-state index in [0.717, 1.165) is 66.1 Å². The molecule has 182 valence electrons. The predicted molar refractivity (Wildman–Crippen MR) is 131 cm³/mol. The Morgan fingerprint density at radius 3 is 2.68 bits per heavy atom. The van der Waals surface area contributed by atoms with Crippen LogP contribution in [0.2, 0.25) is 0 Å². The third-order valence-electron chi connectivity index (χ3n) is 6.34. The van der Waals surface area contributed by atoms with Crippen LogP contribution >= 0.6 is 0 Å². The minimum Gasteiger partial charge on any atom is -0.493 e. The number of methoxy groups -OCH3 is 1. The fourth-order valence-electron chi connectivity index (χ4n) is 4.77. The molecule has 3 aromatic rings. The van der Waals surface area contributed by atoms with Gasteiger partial charge in [-0.1, -0.05) is 0 Å². The summed E-state index contributed by atoms with van der Waals surface area (Å²) in [4.78, 5) is 15.9. The SMILES string of the molecule is COc1cc2c(Nc3ccn(C)n3)c3c(nc2cc1OCCCN1CCCC1)CCC3.O=CO. The van der Waals surface area contributed by atoms with Gasteiger partial charge in [0.05, 0.1) is 24.9 Å². The van der Waals surface area contributed by atoms with Crippen molar-refractivity contribution in [3.8, 4) is 11.5 Å². The van der Waals surface area contributed by atoms with E-state index in [1.54, 1.807) is 11.8 Å². The molecule has 3 heterocycles. The van der Waals surface area contributed by atoms with E-state index >= 15 is 0 Å². The maximum atomic E-state index is 8.36. The highest BCUT2D eigenvalue weighted by Gasteiger charge is 2.22. The Morgan fingerprint density at radius 2 is 1.97 bits per heavy atom. The van der Waals surface area contributed by atoms with Gasteiger partial charge >= 0.3 is 0 Å². The zero-order valence-electron chi connectivity index (χ0n) is 19.9. The molecule has 0 radical (unpaired) electrons. The summed E-state index contributed by atoms with van der Waals surface area (Å²) in [5, 5.41) is 16.0. The maximum absolute atomic E-state index is 8.36. The highest BCUT2D eigenvalue weighted by Crippen LogP contribution is 2.40. The molecule has 0 unspecified atom stereocenters. The molecule has 1 aliphatic carbocycles. The van der Waals surface area contributed by atoms with Crippen LogP contribution in [0.4, 0.5) is 11.5 Å². The Labute approximate surface area is 199 Å². The van der Waals surface area contributed by atoms with Crippen LogP contribution in [0.3, 0.4) is 0 Å². The van der Waals surface area contributed by atoms with Crippen LogP contribution in [0.15, 0.2) is 24.4 Å². The highest BCUT2D eigenvalue weighted by molar-refractivity contribution is 5.97. The molecule has 1 saturated heterocycles. The predicted octanol–water partition coefficient (Wildman–Crippen LogP) is 3.77. The van der Waals surface area contributed by atoms with Gasteiger partial charge in [0, 0.05) is 43.0 Å². The largest absolute Gasteiger partial charge is 0.493 e. The van der Waals surface area contributed by atoms with Crippen LogP contribution < -0.4 is 14.8 Å². The van der Waals surface area contributed by atoms with Crippen LogP contribution in [0, 0.1) is 0 Å². The summed E-state index contributed by atoms with van der Waals surface area (Å²) >= 11 is 0. The first-order valence-corrected chi connectivity index (χ1v) is 11.9. The average Bonchev–Trinajstić information content (AvgIpc) is 3.59. The number of hydrogen-bond donors (Lipinski definition) is 2. The number of aromatic nitrogens is 3. The molecular formula is C25H33N5O4. The lowest BCUT2D eigenvalue weighted by atomic mass is 10.1. The molecule has 2 N–H and O–H groups in total. The van der Waals surface area contributed by atoms with Crippen molar-refractivity contribution >= 4 is 28.9 Å². The number of anilines is 2. The first kappa shape index (κ1) is 23.8. The third kappa shape index (κ3) is 5.41. The van der Waals surface area contributed by atoms with Crippen molar-refractivity contribution in [1.29, 1.82) is 0 Å². The number of pyridine rings is 1. The molecule has 1 aromatic carbocycles. The zero-order chi connectivity index (χ0) is 23.9. The van der Waals surface area contributed by atoms with Crippen molar-refractivity contribution < 1.29 is 19.4 Å². The molecule has 0 amide bonds. The molecular weight excluding hydrogens is 434 g/mol. The number of nitrogens with one attached hydrogen (secondary N) is 1. The Hall–Kier alpha value is -3.33. The quantitative estimate of drug-likeness (QED) is 0.381. The van der Waals surface area contributed by atoms with E-state index in [4.69, 9.17) is 24.4 Å². The number of carbonyl (C=O) groups is 1. The second kappa shape index (κ2) is 11.2. The van der Waals surface area contributed by atoms with Gasteiger partial charge in [-0.3, -0.25) is 14.5 Å². The molecule has 0 saturated carbocycles. The van der Waals surface area contributed by atoms with E-state index in [2.05, 4.69) is 21.4 Å². The summed E-state index contributed by atoms with van der Waals surface area (Å²) < 4.78 is 13.7. The van der Waals surface area contributed by atoms with Crippen molar-refractivity contribution in [2.45, 2.75) is 38.5 Å². The number of ether oxygens (including phenoxy) is 2. The smallest absolute Gasteiger partial charge is 0.290 e. The summed E-state index contributed by atoms with van der Waals surface area (Å²) in [6, 6.07) is 6.08. The molecule has 2 aromatic heterocycles. The summed E-state index contributed by atoms with van der Waals surface area (Å²) in [5.74, 6) is 2.36. The Kier molecular flexibility index (Phi) is 7.84. The van der Waals surface area contributed by atoms with Gasteiger partial charge in [0.15, 0.2) is 17.3 Å². The zero-order valence-corrected chi connectivity index (χ0v) is 19.9. The van der Waals surface area contributed by atoms with Crippen molar-refractivity contribution in [3.63, 3.8) is 0 Å². The first-order valence-electron chi connectivity index (χ1n) is 11.9. The molecule has 34 heavy (non-hydrogen) atoms. The number of benzene rings is 1. The van der Waals surface area contributed by atoms with Gasteiger partial charge in [0.1, 0.15) is 0 Å². The van der Waals surface area contributed by atoms with E-state index in [1.165, 1.54) is 37.2 Å². The molecule has 1 aliphatic heterocycles. The normalized spacial score (nSPS) is 15.0. The number of carboxylic acid groups (broad SMARTS) is 1. The van der Waals surface area contributed by atoms with Crippen LogP contribution in [0.5, 0.6) is 11.5 Å². The topological polar surface area (TPSA) is 102 Å². The van der Waals surface area contributed by atoms with Crippen LogP contribution in [0.25, 0.3) is 10.9 Å². The lowest BCUT2D eigenvalue weighted by molar-refractivity contribution is -0.122. The molecule has 9 nitrogen and oxygen atoms in total. The minimum absolute atomic E-state index is 0.250. The van der Waals surface area contributed by atoms with Gasteiger partial charge in [0.25, 0.3) is 6.47 Å². The Balaban J connectivity index is 0.000000868. The summed E-state index contributed by atoms with van der Waals surface area (Å²) in [6.45, 7) is 3.98. The van der Waals surface area contributed by atoms with Gasteiger partial charge in [0.2, 0.25) is 0 Å². The lowest BCUT2D eigenvalue weighted by Gasteiger charge is -2.17. The Morgan fingerprint density at radius 1 is 1.18 bits per heavy atom. The molecule has 9 heteroatoms. The summed E-state index contributed by atoms with van der Waals surface area (Å²) in [7, 11) is 3.63.